The third-order valence-electron chi connectivity index (χ3n) is 10.3. The number of rotatable bonds is 15. The Bertz CT molecular complexity index is 2390. The summed E-state index contributed by atoms with van der Waals surface area (Å²) in [6.45, 7) is 7.95. The first kappa shape index (κ1) is 41.9. The number of piperazine rings is 1. The summed E-state index contributed by atoms with van der Waals surface area (Å²) in [6, 6.07) is 31.3. The van der Waals surface area contributed by atoms with E-state index in [-0.39, 0.29) is 17.0 Å². The van der Waals surface area contributed by atoms with Crippen molar-refractivity contribution in [2.75, 3.05) is 75.8 Å². The summed E-state index contributed by atoms with van der Waals surface area (Å²) in [6.07, 6.45) is 0.725. The molecule has 0 bridgehead atoms. The Morgan fingerprint density at radius 1 is 0.814 bits per heavy atom. The Morgan fingerprint density at radius 3 is 2.32 bits per heavy atom. The van der Waals surface area contributed by atoms with Crippen LogP contribution in [0.3, 0.4) is 0 Å². The molecule has 0 saturated carbocycles. The van der Waals surface area contributed by atoms with Crippen molar-refractivity contribution in [3.05, 3.63) is 140 Å². The highest BCUT2D eigenvalue weighted by atomic mass is 35.5. The summed E-state index contributed by atoms with van der Waals surface area (Å²) in [5.41, 5.74) is 3.96. The first-order valence-electron chi connectivity index (χ1n) is 19.3. The molecule has 0 unspecified atom stereocenters. The average Bonchev–Trinajstić information content (AvgIpc) is 3.23. The Kier molecular flexibility index (Phi) is 13.7. The number of sulfonamides is 1. The lowest BCUT2D eigenvalue weighted by molar-refractivity contribution is -0.384. The minimum absolute atomic E-state index is 0.0530. The van der Waals surface area contributed by atoms with Gasteiger partial charge in [-0.2, -0.15) is 0 Å². The average molecular weight is 860 g/mol. The summed E-state index contributed by atoms with van der Waals surface area (Å²) in [4.78, 5) is 31.5. The predicted molar refractivity (Wildman–Crippen MR) is 230 cm³/mol. The van der Waals surface area contributed by atoms with Crippen LogP contribution >= 0.6 is 23.2 Å². The van der Waals surface area contributed by atoms with Crippen molar-refractivity contribution in [3.63, 3.8) is 0 Å². The lowest BCUT2D eigenvalue weighted by Crippen LogP contribution is -2.46. The number of nitrogens with zero attached hydrogens (tertiary/aromatic N) is 4. The van der Waals surface area contributed by atoms with E-state index in [1.54, 1.807) is 36.4 Å². The van der Waals surface area contributed by atoms with Crippen molar-refractivity contribution in [1.29, 1.82) is 0 Å². The molecule has 7 rings (SSSR count). The molecule has 0 radical (unpaired) electrons. The second-order valence-corrected chi connectivity index (χ2v) is 16.8. The number of carbonyl (C=O) groups excluding carboxylic acids is 1. The monoisotopic (exact) mass is 858 g/mol. The third kappa shape index (κ3) is 10.9. The van der Waals surface area contributed by atoms with Crippen LogP contribution in [0.25, 0.3) is 11.1 Å². The zero-order valence-corrected chi connectivity index (χ0v) is 34.5. The molecule has 2 heterocycles. The molecule has 2 saturated heterocycles. The molecule has 59 heavy (non-hydrogen) atoms. The van der Waals surface area contributed by atoms with Gasteiger partial charge < -0.3 is 19.7 Å². The van der Waals surface area contributed by atoms with Gasteiger partial charge in [0, 0.05) is 80.2 Å². The first-order valence-corrected chi connectivity index (χ1v) is 21.5. The first-order chi connectivity index (χ1) is 28.5. The Morgan fingerprint density at radius 2 is 1.58 bits per heavy atom. The number of nitrogens with one attached hydrogen (secondary N) is 2. The minimum Gasteiger partial charge on any atom is -0.456 e. The van der Waals surface area contributed by atoms with Crippen LogP contribution in [0.2, 0.25) is 10.0 Å². The highest BCUT2D eigenvalue weighted by molar-refractivity contribution is 7.90. The molecule has 2 aliphatic rings. The normalized spacial score (nSPS) is 15.1. The van der Waals surface area contributed by atoms with Gasteiger partial charge in [-0.1, -0.05) is 65.7 Å². The van der Waals surface area contributed by atoms with Crippen molar-refractivity contribution in [3.8, 4) is 22.6 Å². The highest BCUT2D eigenvalue weighted by Gasteiger charge is 2.27. The number of hydrogen-bond donors (Lipinski definition) is 2. The SMILES string of the molecule is O=C(NS(=O)(=O)c1ccc(NCCCN2CCOCC2)c([N+](=O)[O-])c1)c1ccc(N2CCN(Cc3ccccc3-c3ccc(Cl)cc3)CC2)cc1Oc1cccc(Cl)c1. The largest absolute Gasteiger partial charge is 0.456 e. The van der Waals surface area contributed by atoms with Crippen LogP contribution in [0.1, 0.15) is 22.3 Å². The lowest BCUT2D eigenvalue weighted by atomic mass is 9.99. The van der Waals surface area contributed by atoms with E-state index in [9.17, 15) is 23.3 Å². The number of ether oxygens (including phenoxy) is 2. The molecule has 5 aromatic carbocycles. The van der Waals surface area contributed by atoms with Gasteiger partial charge in [-0.05, 0) is 84.3 Å². The quantitative estimate of drug-likeness (QED) is 0.0601. The Labute approximate surface area is 353 Å². The molecule has 13 nitrogen and oxygen atoms in total. The van der Waals surface area contributed by atoms with Gasteiger partial charge in [-0.25, -0.2) is 13.1 Å². The Hall–Kier alpha value is -5.22. The van der Waals surface area contributed by atoms with Crippen LogP contribution < -0.4 is 19.7 Å². The maximum absolute atomic E-state index is 13.8. The lowest BCUT2D eigenvalue weighted by Gasteiger charge is -2.36. The molecule has 0 spiro atoms. The molecule has 16 heteroatoms. The fraction of sp³-hybridized carbons (Fsp3) is 0.279. The van der Waals surface area contributed by atoms with E-state index in [0.717, 1.165) is 68.6 Å². The van der Waals surface area contributed by atoms with Crippen molar-refractivity contribution in [2.45, 2.75) is 17.9 Å². The maximum Gasteiger partial charge on any atom is 0.293 e. The van der Waals surface area contributed by atoms with Gasteiger partial charge in [-0.3, -0.25) is 24.7 Å². The molecule has 5 aromatic rings. The molecule has 308 valence electrons. The van der Waals surface area contributed by atoms with Gasteiger partial charge >= 0.3 is 0 Å². The minimum atomic E-state index is -4.55. The summed E-state index contributed by atoms with van der Waals surface area (Å²) in [5, 5.41) is 16.2. The van der Waals surface area contributed by atoms with Gasteiger partial charge in [0.1, 0.15) is 17.2 Å². The highest BCUT2D eigenvalue weighted by Crippen LogP contribution is 2.34. The van der Waals surface area contributed by atoms with E-state index in [1.165, 1.54) is 23.8 Å². The summed E-state index contributed by atoms with van der Waals surface area (Å²) in [5.74, 6) is -0.510. The van der Waals surface area contributed by atoms with E-state index in [0.29, 0.717) is 48.6 Å². The number of hydrogen-bond acceptors (Lipinski definition) is 11. The van der Waals surface area contributed by atoms with E-state index in [1.807, 2.05) is 36.4 Å². The molecule has 0 aromatic heterocycles. The number of nitro benzene ring substituents is 1. The van der Waals surface area contributed by atoms with Crippen molar-refractivity contribution < 1.29 is 27.6 Å². The molecular formula is C43H44Cl2N6O7S. The molecule has 2 aliphatic heterocycles. The van der Waals surface area contributed by atoms with Gasteiger partial charge in [0.15, 0.2) is 0 Å². The molecule has 1 amide bonds. The van der Waals surface area contributed by atoms with E-state index < -0.39 is 31.4 Å². The standard InChI is InChI=1S/C43H44Cl2N6O7S/c44-33-11-9-31(10-12-33)38-8-2-1-5-32(38)30-49-19-21-50(22-20-49)35-13-15-39(42(28-35)58-36-7-3-6-34(45)27-36)43(52)47-59(55,56)37-14-16-40(41(29-37)51(53)54)46-17-4-18-48-23-25-57-26-24-48/h1-3,5-16,27-29,46H,4,17-26,30H2,(H,47,52). The van der Waals surface area contributed by atoms with Crippen LogP contribution in [0, 0.1) is 10.1 Å². The van der Waals surface area contributed by atoms with Crippen molar-refractivity contribution in [2.24, 2.45) is 0 Å². The molecule has 0 atom stereocenters. The smallest absolute Gasteiger partial charge is 0.293 e. The number of amides is 1. The van der Waals surface area contributed by atoms with Crippen molar-refractivity contribution >= 4 is 56.2 Å². The molecule has 2 fully saturated rings. The number of carbonyl (C=O) groups is 1. The molecular weight excluding hydrogens is 815 g/mol. The number of benzene rings is 5. The summed E-state index contributed by atoms with van der Waals surface area (Å²) < 4.78 is 40.8. The number of halogens is 2. The van der Waals surface area contributed by atoms with E-state index in [4.69, 9.17) is 32.7 Å². The predicted octanol–water partition coefficient (Wildman–Crippen LogP) is 7.94. The van der Waals surface area contributed by atoms with Crippen LogP contribution in [0.4, 0.5) is 17.1 Å². The number of nitro groups is 1. The summed E-state index contributed by atoms with van der Waals surface area (Å²) in [7, 11) is -4.55. The van der Waals surface area contributed by atoms with Gasteiger partial charge in [0.25, 0.3) is 21.6 Å². The van der Waals surface area contributed by atoms with E-state index >= 15 is 0 Å². The zero-order valence-electron chi connectivity index (χ0n) is 32.2. The second-order valence-electron chi connectivity index (χ2n) is 14.3. The molecule has 2 N–H and O–H groups in total. The fourth-order valence-electron chi connectivity index (χ4n) is 7.18. The second kappa shape index (κ2) is 19.2. The van der Waals surface area contributed by atoms with Gasteiger partial charge in [0.05, 0.1) is 28.6 Å². The van der Waals surface area contributed by atoms with Crippen LogP contribution in [0.15, 0.2) is 114 Å². The third-order valence-corrected chi connectivity index (χ3v) is 12.1. The van der Waals surface area contributed by atoms with Crippen LogP contribution in [-0.2, 0) is 21.3 Å². The summed E-state index contributed by atoms with van der Waals surface area (Å²) >= 11 is 12.4. The van der Waals surface area contributed by atoms with E-state index in [2.05, 4.69) is 36.9 Å². The molecule has 0 aliphatic carbocycles. The van der Waals surface area contributed by atoms with Crippen LogP contribution in [-0.4, -0.2) is 94.6 Å². The number of anilines is 2. The fourth-order valence-corrected chi connectivity index (χ4v) is 8.47. The van der Waals surface area contributed by atoms with Crippen molar-refractivity contribution in [1.82, 2.24) is 14.5 Å². The zero-order chi connectivity index (χ0) is 41.4. The number of morpholine rings is 1. The van der Waals surface area contributed by atoms with Gasteiger partial charge in [-0.15, -0.1) is 0 Å². The Balaban J connectivity index is 1.04. The van der Waals surface area contributed by atoms with Gasteiger partial charge in [0.2, 0.25) is 0 Å². The topological polar surface area (TPSA) is 147 Å². The van der Waals surface area contributed by atoms with Crippen LogP contribution in [0.5, 0.6) is 11.5 Å². The maximum atomic E-state index is 13.8.